The molecule has 7 nitrogen and oxygen atoms in total. The highest BCUT2D eigenvalue weighted by atomic mass is 32.2. The van der Waals surface area contributed by atoms with E-state index in [1.54, 1.807) is 29.8 Å². The first-order valence-corrected chi connectivity index (χ1v) is 12.8. The smallest absolute Gasteiger partial charge is 0.321 e. The Hall–Kier alpha value is -2.17. The second-order valence-electron chi connectivity index (χ2n) is 7.45. The third-order valence-electron chi connectivity index (χ3n) is 4.60. The van der Waals surface area contributed by atoms with Gasteiger partial charge in [0.05, 0.1) is 10.6 Å². The van der Waals surface area contributed by atoms with Gasteiger partial charge in [-0.1, -0.05) is 31.7 Å². The van der Waals surface area contributed by atoms with Crippen LogP contribution in [0.3, 0.4) is 0 Å². The van der Waals surface area contributed by atoms with Gasteiger partial charge in [0.1, 0.15) is 4.83 Å². The molecule has 3 heterocycles. The van der Waals surface area contributed by atoms with Crippen LogP contribution < -0.4 is 16.2 Å². The van der Waals surface area contributed by atoms with Crippen LogP contribution in [0.25, 0.3) is 20.7 Å². The van der Waals surface area contributed by atoms with Crippen LogP contribution in [0.4, 0.5) is 4.79 Å². The first kappa shape index (κ1) is 23.5. The first-order valence-electron chi connectivity index (χ1n) is 10.1. The van der Waals surface area contributed by atoms with Crippen molar-refractivity contribution in [3.8, 4) is 10.4 Å². The van der Waals surface area contributed by atoms with Crippen molar-refractivity contribution >= 4 is 56.6 Å². The van der Waals surface area contributed by atoms with Crippen LogP contribution in [-0.4, -0.2) is 33.3 Å². The van der Waals surface area contributed by atoms with Gasteiger partial charge in [0.2, 0.25) is 5.91 Å². The highest BCUT2D eigenvalue weighted by Gasteiger charge is 2.23. The van der Waals surface area contributed by atoms with Crippen molar-refractivity contribution in [2.24, 2.45) is 5.92 Å². The summed E-state index contributed by atoms with van der Waals surface area (Å²) in [5.74, 6) is -0.00990. The Morgan fingerprint density at radius 3 is 2.68 bits per heavy atom. The van der Waals surface area contributed by atoms with Gasteiger partial charge in [0.25, 0.3) is 5.56 Å². The standard InChI is InChI=1S/C21H26N4O3S3/c1-5-22-20(28)23-17(26)13(4)31-21-24-18-16(19(27)25(21)9-8-12(2)3)14(11-30-18)15-7-6-10-29-15/h6-7,10-13H,5,8-9H2,1-4H3,(H2,22,23,26,28). The second-order valence-corrected chi connectivity index (χ2v) is 10.6. The Bertz CT molecular complexity index is 1120. The van der Waals surface area contributed by atoms with Crippen LogP contribution >= 0.6 is 34.4 Å². The molecule has 31 heavy (non-hydrogen) atoms. The predicted molar refractivity (Wildman–Crippen MR) is 129 cm³/mol. The molecule has 0 saturated heterocycles. The summed E-state index contributed by atoms with van der Waals surface area (Å²) >= 11 is 4.22. The van der Waals surface area contributed by atoms with E-state index in [1.165, 1.54) is 23.1 Å². The minimum Gasteiger partial charge on any atom is -0.338 e. The summed E-state index contributed by atoms with van der Waals surface area (Å²) < 4.78 is 1.67. The highest BCUT2D eigenvalue weighted by Crippen LogP contribution is 2.35. The Morgan fingerprint density at radius 1 is 1.26 bits per heavy atom. The summed E-state index contributed by atoms with van der Waals surface area (Å²) in [7, 11) is 0. The molecule has 0 aliphatic heterocycles. The van der Waals surface area contributed by atoms with E-state index in [-0.39, 0.29) is 5.56 Å². The topological polar surface area (TPSA) is 93.1 Å². The average molecular weight is 479 g/mol. The fourth-order valence-corrected chi connectivity index (χ4v) is 5.66. The molecule has 0 bridgehead atoms. The van der Waals surface area contributed by atoms with Gasteiger partial charge in [-0.2, -0.15) is 0 Å². The maximum absolute atomic E-state index is 13.5. The molecule has 3 amide bonds. The number of amides is 3. The van der Waals surface area contributed by atoms with Crippen molar-refractivity contribution in [3.05, 3.63) is 33.2 Å². The fraction of sp³-hybridized carbons (Fsp3) is 0.429. The summed E-state index contributed by atoms with van der Waals surface area (Å²) in [5, 5.41) is 9.36. The molecule has 0 radical (unpaired) electrons. The van der Waals surface area contributed by atoms with Crippen molar-refractivity contribution in [3.63, 3.8) is 0 Å². The number of carbonyl (C=O) groups excluding carboxylic acids is 2. The molecule has 10 heteroatoms. The minimum absolute atomic E-state index is 0.0888. The summed E-state index contributed by atoms with van der Waals surface area (Å²) in [4.78, 5) is 44.1. The summed E-state index contributed by atoms with van der Waals surface area (Å²) in [6.07, 6.45) is 0.818. The van der Waals surface area contributed by atoms with Crippen LogP contribution in [0.5, 0.6) is 0 Å². The van der Waals surface area contributed by atoms with Gasteiger partial charge < -0.3 is 5.32 Å². The van der Waals surface area contributed by atoms with Crippen LogP contribution in [0.1, 0.15) is 34.1 Å². The number of nitrogens with one attached hydrogen (secondary N) is 2. The van der Waals surface area contributed by atoms with Crippen LogP contribution in [0, 0.1) is 5.92 Å². The monoisotopic (exact) mass is 478 g/mol. The maximum atomic E-state index is 13.5. The van der Waals surface area contributed by atoms with Crippen LogP contribution in [0.2, 0.25) is 0 Å². The zero-order chi connectivity index (χ0) is 22.5. The number of hydrogen-bond donors (Lipinski definition) is 2. The zero-order valence-corrected chi connectivity index (χ0v) is 20.4. The van der Waals surface area contributed by atoms with Gasteiger partial charge in [0.15, 0.2) is 5.16 Å². The molecule has 3 rings (SSSR count). The quantitative estimate of drug-likeness (QED) is 0.366. The summed E-state index contributed by atoms with van der Waals surface area (Å²) in [6.45, 7) is 8.64. The predicted octanol–water partition coefficient (Wildman–Crippen LogP) is 4.56. The molecule has 0 spiro atoms. The molecular weight excluding hydrogens is 452 g/mol. The van der Waals surface area contributed by atoms with E-state index in [0.717, 1.165) is 16.9 Å². The van der Waals surface area contributed by atoms with Crippen molar-refractivity contribution < 1.29 is 9.59 Å². The largest absolute Gasteiger partial charge is 0.338 e. The Kier molecular flexibility index (Phi) is 7.90. The number of rotatable bonds is 8. The number of fused-ring (bicyclic) bond motifs is 1. The molecule has 166 valence electrons. The van der Waals surface area contributed by atoms with Crippen LogP contribution in [-0.2, 0) is 11.3 Å². The van der Waals surface area contributed by atoms with Crippen LogP contribution in [0.15, 0.2) is 32.8 Å². The van der Waals surface area contributed by atoms with Crippen molar-refractivity contribution in [1.29, 1.82) is 0 Å². The lowest BCUT2D eigenvalue weighted by Gasteiger charge is -2.16. The van der Waals surface area contributed by atoms with Gasteiger partial charge in [-0.3, -0.25) is 19.5 Å². The van der Waals surface area contributed by atoms with E-state index in [1.807, 2.05) is 22.9 Å². The third-order valence-corrected chi connectivity index (χ3v) is 7.47. The number of thioether (sulfide) groups is 1. The highest BCUT2D eigenvalue weighted by molar-refractivity contribution is 8.00. The summed E-state index contributed by atoms with van der Waals surface area (Å²) in [6, 6.07) is 3.44. The molecular formula is C21H26N4O3S3. The molecule has 1 atom stereocenters. The zero-order valence-electron chi connectivity index (χ0n) is 17.9. The van der Waals surface area contributed by atoms with E-state index in [9.17, 15) is 14.4 Å². The molecule has 0 aromatic carbocycles. The number of hydrogen-bond acceptors (Lipinski definition) is 7. The number of carbonyl (C=O) groups is 2. The lowest BCUT2D eigenvalue weighted by molar-refractivity contribution is -0.119. The number of thiophene rings is 2. The molecule has 1 unspecified atom stereocenters. The lowest BCUT2D eigenvalue weighted by Crippen LogP contribution is -2.42. The second kappa shape index (κ2) is 10.4. The molecule has 2 N–H and O–H groups in total. The molecule has 0 fully saturated rings. The van der Waals surface area contributed by atoms with Crippen molar-refractivity contribution in [1.82, 2.24) is 20.2 Å². The molecule has 0 aliphatic rings. The summed E-state index contributed by atoms with van der Waals surface area (Å²) in [5.41, 5.74) is 0.818. The van der Waals surface area contributed by atoms with Crippen molar-refractivity contribution in [2.75, 3.05) is 6.54 Å². The molecule has 0 aliphatic carbocycles. The van der Waals surface area contributed by atoms with E-state index < -0.39 is 17.2 Å². The normalized spacial score (nSPS) is 12.3. The molecule has 0 saturated carbocycles. The van der Waals surface area contributed by atoms with Gasteiger partial charge in [-0.25, -0.2) is 9.78 Å². The van der Waals surface area contributed by atoms with Gasteiger partial charge >= 0.3 is 6.03 Å². The Balaban J connectivity index is 1.98. The van der Waals surface area contributed by atoms with Crippen molar-refractivity contribution in [2.45, 2.75) is 51.1 Å². The molecule has 3 aromatic rings. The number of aromatic nitrogens is 2. The Labute approximate surface area is 193 Å². The Morgan fingerprint density at radius 2 is 2.03 bits per heavy atom. The SMILES string of the molecule is CCNC(=O)NC(=O)C(C)Sc1nc2scc(-c3cccs3)c2c(=O)n1CCC(C)C. The third kappa shape index (κ3) is 5.55. The van der Waals surface area contributed by atoms with E-state index in [0.29, 0.717) is 34.4 Å². The van der Waals surface area contributed by atoms with Gasteiger partial charge in [0, 0.05) is 28.9 Å². The fourth-order valence-electron chi connectivity index (χ4n) is 2.92. The average Bonchev–Trinajstić information content (AvgIpc) is 3.37. The first-order chi connectivity index (χ1) is 14.8. The lowest BCUT2D eigenvalue weighted by atomic mass is 10.1. The number of urea groups is 1. The number of nitrogens with zero attached hydrogens (tertiary/aromatic N) is 2. The van der Waals surface area contributed by atoms with E-state index in [2.05, 4.69) is 24.5 Å². The molecule has 3 aromatic heterocycles. The van der Waals surface area contributed by atoms with E-state index in [4.69, 9.17) is 4.98 Å². The maximum Gasteiger partial charge on any atom is 0.321 e. The minimum atomic E-state index is -0.589. The van der Waals surface area contributed by atoms with Gasteiger partial charge in [-0.15, -0.1) is 22.7 Å². The van der Waals surface area contributed by atoms with E-state index >= 15 is 0 Å². The van der Waals surface area contributed by atoms with Gasteiger partial charge in [-0.05, 0) is 37.6 Å². The number of imide groups is 1.